The molecule has 0 atom stereocenters. The van der Waals surface area contributed by atoms with Crippen molar-refractivity contribution in [1.82, 2.24) is 5.43 Å². The van der Waals surface area contributed by atoms with Crippen LogP contribution >= 0.6 is 15.9 Å². The zero-order chi connectivity index (χ0) is 17.9. The average Bonchev–Trinajstić information content (AvgIpc) is 3.11. The molecule has 6 nitrogen and oxygen atoms in total. The number of hydrogen-bond donors (Lipinski definition) is 1. The molecule has 4 rings (SSSR count). The van der Waals surface area contributed by atoms with E-state index in [1.807, 2.05) is 24.3 Å². The quantitative estimate of drug-likeness (QED) is 0.615. The van der Waals surface area contributed by atoms with Crippen molar-refractivity contribution in [2.24, 2.45) is 5.10 Å². The summed E-state index contributed by atoms with van der Waals surface area (Å²) < 4.78 is 11.5. The van der Waals surface area contributed by atoms with E-state index < -0.39 is 0 Å². The van der Waals surface area contributed by atoms with Gasteiger partial charge in [0.25, 0.3) is 5.91 Å². The van der Waals surface area contributed by atoms with Crippen LogP contribution in [0.5, 0.6) is 11.5 Å². The smallest absolute Gasteiger partial charge is 0.259 e. The maximum Gasteiger partial charge on any atom is 0.259 e. The van der Waals surface area contributed by atoms with E-state index in [0.29, 0.717) is 18.0 Å². The van der Waals surface area contributed by atoms with Crippen LogP contribution in [0.4, 0.5) is 5.69 Å². The predicted molar refractivity (Wildman–Crippen MR) is 103 cm³/mol. The van der Waals surface area contributed by atoms with Crippen molar-refractivity contribution in [2.75, 3.05) is 24.8 Å². The molecule has 0 radical (unpaired) electrons. The standard InChI is InChI=1S/C19H18BrN3O3/c20-15-8-13(9-17-19(15)26-12-25-17)10-21-22-18(24)11-23-7-3-5-14-4-1-2-6-16(14)23/h1-2,4,6,8-10H,3,5,7,11-12H2,(H,22,24)/b21-10-. The Kier molecular flexibility index (Phi) is 4.79. The average molecular weight is 416 g/mol. The van der Waals surface area contributed by atoms with E-state index in [1.54, 1.807) is 6.21 Å². The Morgan fingerprint density at radius 3 is 3.12 bits per heavy atom. The van der Waals surface area contributed by atoms with Crippen LogP contribution < -0.4 is 19.8 Å². The molecule has 26 heavy (non-hydrogen) atoms. The molecule has 0 fully saturated rings. The van der Waals surface area contributed by atoms with Crippen LogP contribution in [0, 0.1) is 0 Å². The van der Waals surface area contributed by atoms with Crippen LogP contribution in [-0.4, -0.2) is 32.0 Å². The number of nitrogens with one attached hydrogen (secondary N) is 1. The minimum atomic E-state index is -0.141. The topological polar surface area (TPSA) is 63.2 Å². The number of carbonyl (C=O) groups is 1. The maximum atomic E-state index is 12.2. The molecule has 0 unspecified atom stereocenters. The second kappa shape index (κ2) is 7.37. The summed E-state index contributed by atoms with van der Waals surface area (Å²) in [6.45, 7) is 1.38. The lowest BCUT2D eigenvalue weighted by Gasteiger charge is -2.30. The van der Waals surface area contributed by atoms with Crippen molar-refractivity contribution >= 4 is 33.7 Å². The molecule has 2 heterocycles. The zero-order valence-corrected chi connectivity index (χ0v) is 15.7. The first kappa shape index (κ1) is 16.9. The summed E-state index contributed by atoms with van der Waals surface area (Å²) >= 11 is 3.44. The van der Waals surface area contributed by atoms with Crippen molar-refractivity contribution in [1.29, 1.82) is 0 Å². The van der Waals surface area contributed by atoms with Gasteiger partial charge >= 0.3 is 0 Å². The summed E-state index contributed by atoms with van der Waals surface area (Å²) in [7, 11) is 0. The number of para-hydroxylation sites is 1. The van der Waals surface area contributed by atoms with Crippen LogP contribution in [0.2, 0.25) is 0 Å². The highest BCUT2D eigenvalue weighted by Gasteiger charge is 2.19. The van der Waals surface area contributed by atoms with E-state index in [4.69, 9.17) is 9.47 Å². The van der Waals surface area contributed by atoms with E-state index in [9.17, 15) is 4.79 Å². The molecule has 0 bridgehead atoms. The van der Waals surface area contributed by atoms with Gasteiger partial charge in [0, 0.05) is 12.2 Å². The molecule has 2 aliphatic rings. The number of hydrogen-bond acceptors (Lipinski definition) is 5. The molecule has 7 heteroatoms. The van der Waals surface area contributed by atoms with Crippen LogP contribution in [0.15, 0.2) is 46.0 Å². The Hall–Kier alpha value is -2.54. The number of rotatable bonds is 4. The van der Waals surface area contributed by atoms with E-state index in [1.165, 1.54) is 5.56 Å². The third-order valence-corrected chi connectivity index (χ3v) is 4.98. The number of aryl methyl sites for hydroxylation is 1. The summed E-state index contributed by atoms with van der Waals surface area (Å²) in [5.74, 6) is 1.21. The fourth-order valence-electron chi connectivity index (χ4n) is 3.23. The molecule has 1 N–H and O–H groups in total. The number of anilines is 1. The minimum Gasteiger partial charge on any atom is -0.454 e. The van der Waals surface area contributed by atoms with Gasteiger partial charge in [-0.15, -0.1) is 0 Å². The van der Waals surface area contributed by atoms with Gasteiger partial charge in [0.1, 0.15) is 0 Å². The fraction of sp³-hybridized carbons (Fsp3) is 0.263. The second-order valence-corrected chi connectivity index (χ2v) is 7.04. The number of halogens is 1. The molecule has 0 saturated carbocycles. The fourth-order valence-corrected chi connectivity index (χ4v) is 3.80. The van der Waals surface area contributed by atoms with Gasteiger partial charge in [0.05, 0.1) is 17.2 Å². The molecule has 134 valence electrons. The first-order chi connectivity index (χ1) is 12.7. The normalized spacial score (nSPS) is 15.2. The van der Waals surface area contributed by atoms with Crippen molar-refractivity contribution in [2.45, 2.75) is 12.8 Å². The Morgan fingerprint density at radius 2 is 2.19 bits per heavy atom. The number of fused-ring (bicyclic) bond motifs is 2. The lowest BCUT2D eigenvalue weighted by molar-refractivity contribution is -0.119. The summed E-state index contributed by atoms with van der Waals surface area (Å²) in [6.07, 6.45) is 3.71. The Balaban J connectivity index is 1.38. The second-order valence-electron chi connectivity index (χ2n) is 6.18. The van der Waals surface area contributed by atoms with Gasteiger partial charge in [0.15, 0.2) is 11.5 Å². The lowest BCUT2D eigenvalue weighted by atomic mass is 10.0. The van der Waals surface area contributed by atoms with Crippen LogP contribution in [0.3, 0.4) is 0 Å². The number of nitrogens with zero attached hydrogens (tertiary/aromatic N) is 2. The number of hydrazone groups is 1. The van der Waals surface area contributed by atoms with Gasteiger partial charge in [-0.1, -0.05) is 18.2 Å². The highest BCUT2D eigenvalue weighted by atomic mass is 79.9. The molecule has 0 aliphatic carbocycles. The van der Waals surface area contributed by atoms with Gasteiger partial charge < -0.3 is 14.4 Å². The van der Waals surface area contributed by atoms with Gasteiger partial charge in [-0.3, -0.25) is 4.79 Å². The van der Waals surface area contributed by atoms with Gasteiger partial charge in [-0.25, -0.2) is 5.43 Å². The largest absolute Gasteiger partial charge is 0.454 e. The van der Waals surface area contributed by atoms with Crippen LogP contribution in [0.25, 0.3) is 0 Å². The summed E-state index contributed by atoms with van der Waals surface area (Å²) in [5.41, 5.74) is 5.84. The molecule has 2 aromatic rings. The number of amides is 1. The third kappa shape index (κ3) is 3.53. The first-order valence-corrected chi connectivity index (χ1v) is 9.24. The molecule has 0 spiro atoms. The van der Waals surface area contributed by atoms with Crippen molar-refractivity contribution in [3.8, 4) is 11.5 Å². The Morgan fingerprint density at radius 1 is 1.31 bits per heavy atom. The number of ether oxygens (including phenoxy) is 2. The van der Waals surface area contributed by atoms with Crippen molar-refractivity contribution in [3.63, 3.8) is 0 Å². The Labute approximate surface area is 159 Å². The molecular weight excluding hydrogens is 398 g/mol. The van der Waals surface area contributed by atoms with E-state index in [0.717, 1.165) is 35.1 Å². The van der Waals surface area contributed by atoms with Crippen molar-refractivity contribution in [3.05, 3.63) is 52.0 Å². The van der Waals surface area contributed by atoms with Crippen molar-refractivity contribution < 1.29 is 14.3 Å². The molecule has 0 saturated heterocycles. The molecule has 0 aromatic heterocycles. The summed E-state index contributed by atoms with van der Waals surface area (Å²) in [6, 6.07) is 11.9. The molecular formula is C19H18BrN3O3. The van der Waals surface area contributed by atoms with Gasteiger partial charge in [0.2, 0.25) is 6.79 Å². The Bertz CT molecular complexity index is 869. The minimum absolute atomic E-state index is 0.141. The maximum absolute atomic E-state index is 12.2. The third-order valence-electron chi connectivity index (χ3n) is 4.39. The molecule has 2 aromatic carbocycles. The SMILES string of the molecule is O=C(CN1CCCc2ccccc21)N/N=C\c1cc(Br)c2c(c1)OCO2. The monoisotopic (exact) mass is 415 g/mol. The molecule has 2 aliphatic heterocycles. The lowest BCUT2D eigenvalue weighted by Crippen LogP contribution is -2.38. The van der Waals surface area contributed by atoms with Crippen LogP contribution in [0.1, 0.15) is 17.5 Å². The highest BCUT2D eigenvalue weighted by Crippen LogP contribution is 2.39. The van der Waals surface area contributed by atoms with E-state index in [-0.39, 0.29) is 12.7 Å². The number of benzene rings is 2. The predicted octanol–water partition coefficient (Wildman–Crippen LogP) is 3.08. The molecule has 1 amide bonds. The number of carbonyl (C=O) groups excluding carboxylic acids is 1. The van der Waals surface area contributed by atoms with Crippen LogP contribution in [-0.2, 0) is 11.2 Å². The first-order valence-electron chi connectivity index (χ1n) is 8.44. The van der Waals surface area contributed by atoms with E-state index in [2.05, 4.69) is 43.5 Å². The van der Waals surface area contributed by atoms with E-state index >= 15 is 0 Å². The summed E-state index contributed by atoms with van der Waals surface area (Å²) in [4.78, 5) is 14.3. The van der Waals surface area contributed by atoms with Gasteiger partial charge in [-0.2, -0.15) is 5.10 Å². The summed E-state index contributed by atoms with van der Waals surface area (Å²) in [5, 5.41) is 4.06. The zero-order valence-electron chi connectivity index (χ0n) is 14.1. The van der Waals surface area contributed by atoms with Gasteiger partial charge in [-0.05, 0) is 58.1 Å². The highest BCUT2D eigenvalue weighted by molar-refractivity contribution is 9.10.